The molecule has 0 radical (unpaired) electrons. The highest BCUT2D eigenvalue weighted by atomic mass is 35.5. The zero-order valence-electron chi connectivity index (χ0n) is 12.3. The molecule has 8 heteroatoms. The normalized spacial score (nSPS) is 27.1. The third-order valence-electron chi connectivity index (χ3n) is 4.07. The van der Waals surface area contributed by atoms with Crippen molar-refractivity contribution in [3.63, 3.8) is 0 Å². The minimum Gasteiger partial charge on any atom is -0.343 e. The summed E-state index contributed by atoms with van der Waals surface area (Å²) in [7, 11) is 0. The number of amidine groups is 1. The van der Waals surface area contributed by atoms with Crippen molar-refractivity contribution in [1.82, 2.24) is 15.8 Å². The first-order valence-corrected chi connectivity index (χ1v) is 8.21. The van der Waals surface area contributed by atoms with Crippen LogP contribution in [0.1, 0.15) is 12.0 Å². The van der Waals surface area contributed by atoms with Gasteiger partial charge < -0.3 is 5.32 Å². The molecule has 0 bridgehead atoms. The summed E-state index contributed by atoms with van der Waals surface area (Å²) in [6, 6.07) is 5.22. The molecule has 1 aromatic rings. The quantitative estimate of drug-likeness (QED) is 0.864. The van der Waals surface area contributed by atoms with Gasteiger partial charge in [0.25, 0.3) is 0 Å². The van der Waals surface area contributed by atoms with E-state index in [0.717, 1.165) is 0 Å². The summed E-state index contributed by atoms with van der Waals surface area (Å²) in [6.07, 6.45) is 4.13. The van der Waals surface area contributed by atoms with Crippen LogP contribution in [-0.4, -0.2) is 29.1 Å². The topological polar surface area (TPSA) is 56.7 Å². The highest BCUT2D eigenvalue weighted by Gasteiger charge is 2.45. The molecule has 4 rings (SSSR count). The lowest BCUT2D eigenvalue weighted by Gasteiger charge is -2.30. The van der Waals surface area contributed by atoms with E-state index < -0.39 is 18.3 Å². The van der Waals surface area contributed by atoms with Gasteiger partial charge in [-0.15, -0.1) is 0 Å². The van der Waals surface area contributed by atoms with Crippen LogP contribution in [0, 0.1) is 5.92 Å². The second kappa shape index (κ2) is 5.79. The lowest BCUT2D eigenvalue weighted by atomic mass is 10.2. The van der Waals surface area contributed by atoms with Gasteiger partial charge in [-0.25, -0.2) is 9.38 Å². The number of amides is 1. The van der Waals surface area contributed by atoms with Crippen molar-refractivity contribution in [2.75, 3.05) is 0 Å². The summed E-state index contributed by atoms with van der Waals surface area (Å²) in [5, 5.41) is 5.73. The van der Waals surface area contributed by atoms with Gasteiger partial charge in [-0.1, -0.05) is 29.3 Å². The van der Waals surface area contributed by atoms with Crippen LogP contribution in [0.25, 0.3) is 0 Å². The number of hydrogen-bond donors (Lipinski definition) is 2. The number of fused-ring (bicyclic) bond motifs is 1. The molecule has 24 heavy (non-hydrogen) atoms. The standard InChI is InChI=1S/C16H13Cl2FN4O/c17-9-3-1-4-10(18)13(9)14-20-12-5-2-6-23(15(12)21-14)22-16(24)8-7-11(8)19/h1-6,8,11,15H,7H2,(H,20,21)(H,22,24)/t8-,11+,15?/m1/s1. The maximum atomic E-state index is 13.0. The Morgan fingerprint density at radius 1 is 1.38 bits per heavy atom. The smallest absolute Gasteiger partial charge is 0.244 e. The molecule has 2 aliphatic heterocycles. The average molecular weight is 367 g/mol. The number of carbonyl (C=O) groups excluding carboxylic acids is 1. The first kappa shape index (κ1) is 15.5. The van der Waals surface area contributed by atoms with Crippen molar-refractivity contribution in [2.24, 2.45) is 10.9 Å². The molecule has 1 unspecified atom stereocenters. The molecule has 0 spiro atoms. The number of allylic oxidation sites excluding steroid dienone is 2. The zero-order valence-corrected chi connectivity index (χ0v) is 13.9. The van der Waals surface area contributed by atoms with E-state index in [0.29, 0.717) is 27.1 Å². The summed E-state index contributed by atoms with van der Waals surface area (Å²) >= 11 is 12.5. The summed E-state index contributed by atoms with van der Waals surface area (Å²) in [4.78, 5) is 16.5. The van der Waals surface area contributed by atoms with E-state index in [1.165, 1.54) is 0 Å². The van der Waals surface area contributed by atoms with Gasteiger partial charge in [0.2, 0.25) is 5.91 Å². The van der Waals surface area contributed by atoms with E-state index in [1.807, 2.05) is 6.08 Å². The van der Waals surface area contributed by atoms with Crippen LogP contribution < -0.4 is 10.7 Å². The van der Waals surface area contributed by atoms with Crippen molar-refractivity contribution in [3.8, 4) is 0 Å². The van der Waals surface area contributed by atoms with Crippen LogP contribution >= 0.6 is 23.2 Å². The van der Waals surface area contributed by atoms with Crippen LogP contribution in [0.2, 0.25) is 10.0 Å². The molecule has 3 atom stereocenters. The third kappa shape index (κ3) is 2.65. The van der Waals surface area contributed by atoms with Crippen molar-refractivity contribution in [2.45, 2.75) is 18.8 Å². The van der Waals surface area contributed by atoms with E-state index >= 15 is 0 Å². The molecule has 1 amide bonds. The van der Waals surface area contributed by atoms with Crippen LogP contribution in [0.15, 0.2) is 47.2 Å². The number of rotatable bonds is 3. The molecule has 1 aromatic carbocycles. The number of nitrogens with zero attached hydrogens (tertiary/aromatic N) is 2. The van der Waals surface area contributed by atoms with Gasteiger partial charge in [0, 0.05) is 6.20 Å². The Bertz CT molecular complexity index is 787. The van der Waals surface area contributed by atoms with Gasteiger partial charge in [-0.2, -0.15) is 0 Å². The summed E-state index contributed by atoms with van der Waals surface area (Å²) in [5.41, 5.74) is 4.02. The van der Waals surface area contributed by atoms with E-state index in [-0.39, 0.29) is 12.3 Å². The van der Waals surface area contributed by atoms with Gasteiger partial charge >= 0.3 is 0 Å². The van der Waals surface area contributed by atoms with E-state index in [4.69, 9.17) is 23.2 Å². The second-order valence-electron chi connectivity index (χ2n) is 5.78. The number of nitrogens with one attached hydrogen (secondary N) is 2. The first-order valence-electron chi connectivity index (χ1n) is 7.45. The fraction of sp³-hybridized carbons (Fsp3) is 0.250. The van der Waals surface area contributed by atoms with Crippen LogP contribution in [0.3, 0.4) is 0 Å². The van der Waals surface area contributed by atoms with Gasteiger partial charge in [-0.3, -0.25) is 15.2 Å². The third-order valence-corrected chi connectivity index (χ3v) is 4.70. The van der Waals surface area contributed by atoms with E-state index in [9.17, 15) is 9.18 Å². The summed E-state index contributed by atoms with van der Waals surface area (Å²) in [5.74, 6) is -0.369. The van der Waals surface area contributed by atoms with Gasteiger partial charge in [-0.05, 0) is 30.7 Å². The number of hydrogen-bond acceptors (Lipinski definition) is 4. The van der Waals surface area contributed by atoms with Gasteiger partial charge in [0.1, 0.15) is 12.0 Å². The molecular formula is C16H13Cl2FN4O. The molecule has 124 valence electrons. The zero-order chi connectivity index (χ0) is 16.8. The predicted octanol–water partition coefficient (Wildman–Crippen LogP) is 2.77. The number of halogens is 3. The second-order valence-corrected chi connectivity index (χ2v) is 6.59. The Balaban J connectivity index is 1.55. The van der Waals surface area contributed by atoms with E-state index in [1.54, 1.807) is 35.5 Å². The first-order chi connectivity index (χ1) is 11.5. The highest BCUT2D eigenvalue weighted by Crippen LogP contribution is 2.34. The fourth-order valence-corrected chi connectivity index (χ4v) is 3.26. The molecule has 1 aliphatic carbocycles. The predicted molar refractivity (Wildman–Crippen MR) is 90.1 cm³/mol. The lowest BCUT2D eigenvalue weighted by molar-refractivity contribution is -0.127. The minimum absolute atomic E-state index is 0.279. The van der Waals surface area contributed by atoms with Gasteiger partial charge in [0.15, 0.2) is 6.17 Å². The number of aliphatic imine (C=N–C) groups is 1. The monoisotopic (exact) mass is 366 g/mol. The fourth-order valence-electron chi connectivity index (χ4n) is 2.69. The molecule has 2 heterocycles. The summed E-state index contributed by atoms with van der Waals surface area (Å²) in [6.45, 7) is 0. The number of benzene rings is 1. The number of carbonyl (C=O) groups is 1. The molecule has 2 N–H and O–H groups in total. The molecule has 0 aromatic heterocycles. The Kier molecular flexibility index (Phi) is 3.73. The van der Waals surface area contributed by atoms with Gasteiger partial charge in [0.05, 0.1) is 27.2 Å². The SMILES string of the molecule is O=C(NN1C=CC=C2N=C(c3c(Cl)cccc3Cl)NC21)[C@@H]1C[C@@H]1F. The number of alkyl halides is 1. The minimum atomic E-state index is -1.04. The Morgan fingerprint density at radius 2 is 2.08 bits per heavy atom. The molecule has 1 fully saturated rings. The molecule has 5 nitrogen and oxygen atoms in total. The average Bonchev–Trinajstić information content (AvgIpc) is 3.11. The highest BCUT2D eigenvalue weighted by molar-refractivity contribution is 6.40. The Hall–Kier alpha value is -2.05. The number of hydrazine groups is 1. The van der Waals surface area contributed by atoms with Crippen LogP contribution in [-0.2, 0) is 4.79 Å². The largest absolute Gasteiger partial charge is 0.343 e. The Labute approximate surface area is 147 Å². The van der Waals surface area contributed by atoms with Crippen molar-refractivity contribution < 1.29 is 9.18 Å². The van der Waals surface area contributed by atoms with Crippen LogP contribution in [0.5, 0.6) is 0 Å². The lowest BCUT2D eigenvalue weighted by Crippen LogP contribution is -2.52. The molecule has 3 aliphatic rings. The van der Waals surface area contributed by atoms with Crippen molar-refractivity contribution in [3.05, 3.63) is 57.9 Å². The Morgan fingerprint density at radius 3 is 2.75 bits per heavy atom. The molecular weight excluding hydrogens is 354 g/mol. The maximum Gasteiger partial charge on any atom is 0.244 e. The molecule has 1 saturated carbocycles. The summed E-state index contributed by atoms with van der Waals surface area (Å²) < 4.78 is 13.0. The van der Waals surface area contributed by atoms with Crippen LogP contribution in [0.4, 0.5) is 4.39 Å². The van der Waals surface area contributed by atoms with Crippen molar-refractivity contribution >= 4 is 34.9 Å². The van der Waals surface area contributed by atoms with Crippen molar-refractivity contribution in [1.29, 1.82) is 0 Å². The van der Waals surface area contributed by atoms with E-state index in [2.05, 4.69) is 15.7 Å². The molecule has 0 saturated heterocycles. The maximum absolute atomic E-state index is 13.0.